The molecule has 1 unspecified atom stereocenters. The summed E-state index contributed by atoms with van der Waals surface area (Å²) >= 11 is 0. The first-order valence-corrected chi connectivity index (χ1v) is 10.1. The minimum absolute atomic E-state index is 0.0375. The second-order valence-corrected chi connectivity index (χ2v) is 8.11. The lowest BCUT2D eigenvalue weighted by molar-refractivity contribution is 0.0652. The van der Waals surface area contributed by atoms with E-state index in [1.165, 1.54) is 4.90 Å². The van der Waals surface area contributed by atoms with Gasteiger partial charge in [0.1, 0.15) is 11.4 Å². The molecule has 0 fully saturated rings. The van der Waals surface area contributed by atoms with Crippen molar-refractivity contribution in [3.8, 4) is 5.75 Å². The summed E-state index contributed by atoms with van der Waals surface area (Å²) in [7, 11) is 1.70. The number of benzene rings is 2. The number of hydrogen-bond donors (Lipinski definition) is 2. The van der Waals surface area contributed by atoms with Gasteiger partial charge in [-0.1, -0.05) is 30.3 Å². The molecular weight excluding hydrogens is 380 g/mol. The summed E-state index contributed by atoms with van der Waals surface area (Å²) in [4.78, 5) is 30.6. The van der Waals surface area contributed by atoms with Crippen LogP contribution in [0.5, 0.6) is 5.75 Å². The van der Waals surface area contributed by atoms with Gasteiger partial charge in [0.05, 0.1) is 17.2 Å². The fraction of sp³-hybridized carbons (Fsp3) is 0.348. The Hall–Kier alpha value is -3.35. The highest BCUT2D eigenvalue weighted by Crippen LogP contribution is 2.39. The molecule has 2 aliphatic heterocycles. The Morgan fingerprint density at radius 1 is 1.10 bits per heavy atom. The molecule has 2 aromatic carbocycles. The Kier molecular flexibility index (Phi) is 5.20. The monoisotopic (exact) mass is 406 g/mol. The number of hydrogen-bond acceptors (Lipinski definition) is 4. The van der Waals surface area contributed by atoms with E-state index < -0.39 is 0 Å². The van der Waals surface area contributed by atoms with E-state index in [4.69, 9.17) is 4.74 Å². The van der Waals surface area contributed by atoms with Gasteiger partial charge in [-0.3, -0.25) is 19.5 Å². The molecule has 0 spiro atoms. The van der Waals surface area contributed by atoms with Gasteiger partial charge in [0.2, 0.25) is 0 Å². The molecule has 2 N–H and O–H groups in total. The van der Waals surface area contributed by atoms with Crippen LogP contribution in [0, 0.1) is 0 Å². The van der Waals surface area contributed by atoms with E-state index in [9.17, 15) is 9.59 Å². The number of carbonyl (C=O) groups excluding carboxylic acids is 2. The molecule has 0 aliphatic carbocycles. The summed E-state index contributed by atoms with van der Waals surface area (Å²) < 4.78 is 6.09. The number of carbonyl (C=O) groups is 2. The summed E-state index contributed by atoms with van der Waals surface area (Å²) in [6.45, 7) is 4.80. The van der Waals surface area contributed by atoms with Crippen LogP contribution in [-0.2, 0) is 0 Å². The maximum Gasteiger partial charge on any atom is 0.261 e. The molecule has 0 saturated heterocycles. The number of nitrogens with zero attached hydrogens (tertiary/aromatic N) is 2. The van der Waals surface area contributed by atoms with Crippen molar-refractivity contribution >= 4 is 17.8 Å². The Morgan fingerprint density at radius 3 is 2.40 bits per heavy atom. The zero-order valence-corrected chi connectivity index (χ0v) is 17.4. The predicted octanol–water partition coefficient (Wildman–Crippen LogP) is 2.75. The van der Waals surface area contributed by atoms with E-state index in [1.807, 2.05) is 24.3 Å². The lowest BCUT2D eigenvalue weighted by Crippen LogP contribution is -2.47. The first-order valence-electron chi connectivity index (χ1n) is 10.1. The van der Waals surface area contributed by atoms with Gasteiger partial charge in [0, 0.05) is 32.1 Å². The summed E-state index contributed by atoms with van der Waals surface area (Å²) in [5.41, 5.74) is 1.71. The largest absolute Gasteiger partial charge is 0.487 e. The molecule has 30 heavy (non-hydrogen) atoms. The van der Waals surface area contributed by atoms with Gasteiger partial charge in [0.25, 0.3) is 11.8 Å². The highest BCUT2D eigenvalue weighted by atomic mass is 16.5. The Labute approximate surface area is 176 Å². The molecule has 0 radical (unpaired) electrons. The van der Waals surface area contributed by atoms with E-state index in [2.05, 4.69) is 29.5 Å². The van der Waals surface area contributed by atoms with Crippen LogP contribution in [0.25, 0.3) is 0 Å². The third kappa shape index (κ3) is 3.75. The summed E-state index contributed by atoms with van der Waals surface area (Å²) in [5.74, 6) is 0.984. The van der Waals surface area contributed by atoms with E-state index >= 15 is 0 Å². The van der Waals surface area contributed by atoms with Crippen LogP contribution in [0.3, 0.4) is 0 Å². The van der Waals surface area contributed by atoms with Gasteiger partial charge in [-0.05, 0) is 32.0 Å². The van der Waals surface area contributed by atoms with Crippen molar-refractivity contribution in [1.82, 2.24) is 15.5 Å². The number of guanidine groups is 1. The number of imide groups is 1. The summed E-state index contributed by atoms with van der Waals surface area (Å²) in [6, 6.07) is 14.9. The van der Waals surface area contributed by atoms with Crippen LogP contribution in [0.15, 0.2) is 53.5 Å². The standard InChI is InChI=1S/C23H26N4O3/c1-23(2)14-18(17-10-6-7-11-19(17)30-23)26-22(24-3)25-12-13-27-20(28)15-8-4-5-9-16(15)21(27)29/h4-11,18H,12-14H2,1-3H3,(H2,24,25,26). The Balaban J connectivity index is 1.39. The molecular formula is C23H26N4O3. The molecule has 2 aliphatic rings. The average Bonchev–Trinajstić information content (AvgIpc) is 2.97. The normalized spacial score (nSPS) is 19.8. The number of aliphatic imine (C=N–C) groups is 1. The quantitative estimate of drug-likeness (QED) is 0.463. The van der Waals surface area contributed by atoms with Crippen molar-refractivity contribution in [2.75, 3.05) is 20.1 Å². The first-order chi connectivity index (χ1) is 14.4. The fourth-order valence-electron chi connectivity index (χ4n) is 4.02. The molecule has 2 heterocycles. The zero-order valence-electron chi connectivity index (χ0n) is 17.4. The summed E-state index contributed by atoms with van der Waals surface area (Å²) in [6.07, 6.45) is 0.781. The van der Waals surface area contributed by atoms with Crippen LogP contribution in [0.1, 0.15) is 52.6 Å². The minimum Gasteiger partial charge on any atom is -0.487 e. The van der Waals surface area contributed by atoms with Crippen molar-refractivity contribution in [3.05, 3.63) is 65.2 Å². The average molecular weight is 406 g/mol. The van der Waals surface area contributed by atoms with Crippen molar-refractivity contribution in [1.29, 1.82) is 0 Å². The number of para-hydroxylation sites is 1. The van der Waals surface area contributed by atoms with Crippen molar-refractivity contribution in [3.63, 3.8) is 0 Å². The third-order valence-electron chi connectivity index (χ3n) is 5.42. The van der Waals surface area contributed by atoms with Crippen LogP contribution in [0.4, 0.5) is 0 Å². The molecule has 2 amide bonds. The smallest absolute Gasteiger partial charge is 0.261 e. The number of rotatable bonds is 4. The topological polar surface area (TPSA) is 83.0 Å². The molecule has 2 aromatic rings. The Morgan fingerprint density at radius 2 is 1.73 bits per heavy atom. The van der Waals surface area contributed by atoms with E-state index in [-0.39, 0.29) is 30.0 Å². The predicted molar refractivity (Wildman–Crippen MR) is 115 cm³/mol. The molecule has 0 aromatic heterocycles. The SMILES string of the molecule is CN=C(NCCN1C(=O)c2ccccc2C1=O)NC1CC(C)(C)Oc2ccccc21. The fourth-order valence-corrected chi connectivity index (χ4v) is 4.02. The van der Waals surface area contributed by atoms with Gasteiger partial charge in [0.15, 0.2) is 5.96 Å². The second kappa shape index (κ2) is 7.82. The summed E-state index contributed by atoms with van der Waals surface area (Å²) in [5, 5.41) is 6.67. The lowest BCUT2D eigenvalue weighted by atomic mass is 9.90. The van der Waals surface area contributed by atoms with E-state index in [0.29, 0.717) is 23.6 Å². The maximum absolute atomic E-state index is 12.5. The molecule has 7 heteroatoms. The minimum atomic E-state index is -0.301. The van der Waals surface area contributed by atoms with Gasteiger partial charge in [-0.2, -0.15) is 0 Å². The van der Waals surface area contributed by atoms with Gasteiger partial charge < -0.3 is 15.4 Å². The van der Waals surface area contributed by atoms with Gasteiger partial charge in [-0.15, -0.1) is 0 Å². The van der Waals surface area contributed by atoms with Crippen molar-refractivity contribution in [2.24, 2.45) is 4.99 Å². The van der Waals surface area contributed by atoms with Crippen molar-refractivity contribution < 1.29 is 14.3 Å². The number of nitrogens with one attached hydrogen (secondary N) is 2. The molecule has 4 rings (SSSR count). The Bertz CT molecular complexity index is 980. The maximum atomic E-state index is 12.5. The first kappa shape index (κ1) is 19.9. The van der Waals surface area contributed by atoms with Crippen LogP contribution in [0.2, 0.25) is 0 Å². The number of amides is 2. The second-order valence-electron chi connectivity index (χ2n) is 8.11. The molecule has 156 valence electrons. The molecule has 0 bridgehead atoms. The van der Waals surface area contributed by atoms with Crippen LogP contribution < -0.4 is 15.4 Å². The molecule has 7 nitrogen and oxygen atoms in total. The number of ether oxygens (including phenoxy) is 1. The van der Waals surface area contributed by atoms with Gasteiger partial charge in [-0.25, -0.2) is 0 Å². The number of fused-ring (bicyclic) bond motifs is 2. The third-order valence-corrected chi connectivity index (χ3v) is 5.42. The molecule has 1 atom stereocenters. The van der Waals surface area contributed by atoms with E-state index in [0.717, 1.165) is 17.7 Å². The van der Waals surface area contributed by atoms with Crippen LogP contribution >= 0.6 is 0 Å². The lowest BCUT2D eigenvalue weighted by Gasteiger charge is -2.38. The van der Waals surface area contributed by atoms with Crippen molar-refractivity contribution in [2.45, 2.75) is 31.9 Å². The zero-order chi connectivity index (χ0) is 21.3. The van der Waals surface area contributed by atoms with Gasteiger partial charge >= 0.3 is 0 Å². The van der Waals surface area contributed by atoms with Crippen LogP contribution in [-0.4, -0.2) is 48.4 Å². The highest BCUT2D eigenvalue weighted by molar-refractivity contribution is 6.21. The highest BCUT2D eigenvalue weighted by Gasteiger charge is 2.35. The molecule has 0 saturated carbocycles. The van der Waals surface area contributed by atoms with E-state index in [1.54, 1.807) is 31.3 Å².